The number of nitrogens with zero attached hydrogens (tertiary/aromatic N) is 1. The second-order valence-electron chi connectivity index (χ2n) is 3.33. The lowest BCUT2D eigenvalue weighted by Gasteiger charge is -2.09. The first-order valence-corrected chi connectivity index (χ1v) is 4.81. The maximum atomic E-state index is 5.97. The maximum absolute atomic E-state index is 5.97. The Morgan fingerprint density at radius 1 is 1.57 bits per heavy atom. The number of aryl methyl sites for hydroxylation is 1. The zero-order valence-corrected chi connectivity index (χ0v) is 8.75. The molecule has 0 aliphatic heterocycles. The summed E-state index contributed by atoms with van der Waals surface area (Å²) < 4.78 is 0. The van der Waals surface area contributed by atoms with Crippen LogP contribution in [-0.2, 0) is 0 Å². The molecule has 0 amide bonds. The first-order valence-electron chi connectivity index (χ1n) is 4.81. The number of hydrogen-bond donors (Lipinski definition) is 1. The molecule has 2 heteroatoms. The number of pyridine rings is 1. The molecular weight excluding hydrogens is 172 g/mol. The summed E-state index contributed by atoms with van der Waals surface area (Å²) in [4.78, 5) is 4.25. The van der Waals surface area contributed by atoms with Gasteiger partial charge in [0.2, 0.25) is 0 Å². The molecule has 1 heterocycles. The van der Waals surface area contributed by atoms with Crippen molar-refractivity contribution in [3.63, 3.8) is 0 Å². The molecule has 0 fully saturated rings. The predicted molar refractivity (Wildman–Crippen MR) is 58.6 cm³/mol. The third-order valence-electron chi connectivity index (χ3n) is 2.07. The van der Waals surface area contributed by atoms with E-state index < -0.39 is 0 Å². The van der Waals surface area contributed by atoms with E-state index in [-0.39, 0.29) is 6.04 Å². The third kappa shape index (κ3) is 3.20. The van der Waals surface area contributed by atoms with Crippen molar-refractivity contribution in [1.82, 2.24) is 4.98 Å². The summed E-state index contributed by atoms with van der Waals surface area (Å²) in [5.74, 6) is 5.87. The molecule has 2 nitrogen and oxygen atoms in total. The molecule has 0 aromatic carbocycles. The van der Waals surface area contributed by atoms with Crippen LogP contribution in [0.1, 0.15) is 37.1 Å². The molecule has 0 spiro atoms. The van der Waals surface area contributed by atoms with Crippen LogP contribution in [0.25, 0.3) is 0 Å². The van der Waals surface area contributed by atoms with Crippen LogP contribution in [0.4, 0.5) is 0 Å². The van der Waals surface area contributed by atoms with Crippen molar-refractivity contribution in [1.29, 1.82) is 0 Å². The van der Waals surface area contributed by atoms with Gasteiger partial charge >= 0.3 is 0 Å². The largest absolute Gasteiger partial charge is 0.323 e. The number of hydrogen-bond acceptors (Lipinski definition) is 2. The van der Waals surface area contributed by atoms with E-state index in [1.807, 2.05) is 26.0 Å². The molecule has 1 aromatic heterocycles. The summed E-state index contributed by atoms with van der Waals surface area (Å²) in [5.41, 5.74) is 8.14. The minimum atomic E-state index is 0.00995. The molecule has 0 bridgehead atoms. The fraction of sp³-hybridized carbons (Fsp3) is 0.417. The van der Waals surface area contributed by atoms with Crippen LogP contribution in [0.5, 0.6) is 0 Å². The van der Waals surface area contributed by atoms with Crippen LogP contribution in [-0.4, -0.2) is 4.98 Å². The molecule has 0 saturated heterocycles. The Morgan fingerprint density at radius 3 is 3.00 bits per heavy atom. The molecule has 0 aliphatic rings. The summed E-state index contributed by atoms with van der Waals surface area (Å²) in [6, 6.07) is 4.02. The smallest absolute Gasteiger partial charge is 0.0573 e. The van der Waals surface area contributed by atoms with Gasteiger partial charge in [-0.1, -0.05) is 0 Å². The van der Waals surface area contributed by atoms with Crippen molar-refractivity contribution in [3.05, 3.63) is 29.6 Å². The summed E-state index contributed by atoms with van der Waals surface area (Å²) in [5, 5.41) is 0. The van der Waals surface area contributed by atoms with Crippen molar-refractivity contribution in [2.24, 2.45) is 5.73 Å². The van der Waals surface area contributed by atoms with Crippen molar-refractivity contribution in [2.45, 2.75) is 32.7 Å². The second kappa shape index (κ2) is 5.41. The lowest BCUT2D eigenvalue weighted by atomic mass is 10.1. The predicted octanol–water partition coefficient (Wildman–Crippen LogP) is 2.19. The van der Waals surface area contributed by atoms with Crippen LogP contribution in [0.3, 0.4) is 0 Å². The second-order valence-corrected chi connectivity index (χ2v) is 3.33. The quantitative estimate of drug-likeness (QED) is 0.738. The van der Waals surface area contributed by atoms with E-state index >= 15 is 0 Å². The Kier molecular flexibility index (Phi) is 4.15. The standard InChI is InChI=1S/C12H16N2/c1-3-4-5-6-11(13)12-9-10(2)7-8-14-12/h7-9,11H,5-6,13H2,1-2H3. The highest BCUT2D eigenvalue weighted by Crippen LogP contribution is 2.13. The molecule has 0 radical (unpaired) electrons. The van der Waals surface area contributed by atoms with Crippen molar-refractivity contribution in [2.75, 3.05) is 0 Å². The Balaban J connectivity index is 2.58. The Bertz CT molecular complexity index is 347. The molecule has 1 aromatic rings. The van der Waals surface area contributed by atoms with E-state index in [1.54, 1.807) is 6.20 Å². The van der Waals surface area contributed by atoms with Gasteiger partial charge in [-0.25, -0.2) is 0 Å². The minimum absolute atomic E-state index is 0.00995. The van der Waals surface area contributed by atoms with Gasteiger partial charge in [0.1, 0.15) is 0 Å². The molecule has 74 valence electrons. The lowest BCUT2D eigenvalue weighted by Crippen LogP contribution is -2.11. The van der Waals surface area contributed by atoms with E-state index in [0.29, 0.717) is 0 Å². The molecule has 0 saturated carbocycles. The van der Waals surface area contributed by atoms with Crippen LogP contribution in [0.2, 0.25) is 0 Å². The minimum Gasteiger partial charge on any atom is -0.323 e. The zero-order valence-electron chi connectivity index (χ0n) is 8.75. The van der Waals surface area contributed by atoms with E-state index in [4.69, 9.17) is 5.73 Å². The van der Waals surface area contributed by atoms with Gasteiger partial charge in [0.25, 0.3) is 0 Å². The number of nitrogens with two attached hydrogens (primary N) is 1. The van der Waals surface area contributed by atoms with Gasteiger partial charge in [0, 0.05) is 18.7 Å². The van der Waals surface area contributed by atoms with E-state index in [9.17, 15) is 0 Å². The Morgan fingerprint density at radius 2 is 2.36 bits per heavy atom. The molecule has 0 aliphatic carbocycles. The van der Waals surface area contributed by atoms with Gasteiger partial charge in [-0.3, -0.25) is 4.98 Å². The SMILES string of the molecule is CC#CCCC(N)c1cc(C)ccn1. The molecular formula is C12H16N2. The average Bonchev–Trinajstić information content (AvgIpc) is 2.18. The third-order valence-corrected chi connectivity index (χ3v) is 2.07. The molecule has 1 atom stereocenters. The van der Waals surface area contributed by atoms with Crippen LogP contribution in [0, 0.1) is 18.8 Å². The van der Waals surface area contributed by atoms with Crippen molar-refractivity contribution < 1.29 is 0 Å². The van der Waals surface area contributed by atoms with E-state index in [0.717, 1.165) is 18.5 Å². The molecule has 2 N–H and O–H groups in total. The molecule has 1 rings (SSSR count). The first-order chi connectivity index (χ1) is 6.74. The van der Waals surface area contributed by atoms with Gasteiger partial charge in [0.05, 0.1) is 5.69 Å². The highest BCUT2D eigenvalue weighted by atomic mass is 14.8. The van der Waals surface area contributed by atoms with Crippen molar-refractivity contribution in [3.8, 4) is 11.8 Å². The summed E-state index contributed by atoms with van der Waals surface area (Å²) in [7, 11) is 0. The number of aromatic nitrogens is 1. The number of rotatable bonds is 3. The topological polar surface area (TPSA) is 38.9 Å². The van der Waals surface area contributed by atoms with Crippen LogP contribution < -0.4 is 5.73 Å². The maximum Gasteiger partial charge on any atom is 0.0573 e. The monoisotopic (exact) mass is 188 g/mol. The van der Waals surface area contributed by atoms with Gasteiger partial charge in [-0.05, 0) is 38.0 Å². The first kappa shape index (κ1) is 10.7. The summed E-state index contributed by atoms with van der Waals surface area (Å²) >= 11 is 0. The van der Waals surface area contributed by atoms with Crippen LogP contribution in [0.15, 0.2) is 18.3 Å². The van der Waals surface area contributed by atoms with Crippen LogP contribution >= 0.6 is 0 Å². The molecule has 1 unspecified atom stereocenters. The normalized spacial score (nSPS) is 11.6. The van der Waals surface area contributed by atoms with Gasteiger partial charge < -0.3 is 5.73 Å². The fourth-order valence-corrected chi connectivity index (χ4v) is 1.26. The summed E-state index contributed by atoms with van der Waals surface area (Å²) in [6.45, 7) is 3.89. The van der Waals surface area contributed by atoms with Gasteiger partial charge in [-0.2, -0.15) is 0 Å². The van der Waals surface area contributed by atoms with E-state index in [2.05, 4.69) is 16.8 Å². The Hall–Kier alpha value is -1.33. The van der Waals surface area contributed by atoms with Gasteiger partial charge in [0.15, 0.2) is 0 Å². The fourth-order valence-electron chi connectivity index (χ4n) is 1.26. The lowest BCUT2D eigenvalue weighted by molar-refractivity contribution is 0.647. The van der Waals surface area contributed by atoms with Crippen molar-refractivity contribution >= 4 is 0 Å². The van der Waals surface area contributed by atoms with Gasteiger partial charge in [-0.15, -0.1) is 11.8 Å². The highest BCUT2D eigenvalue weighted by molar-refractivity contribution is 5.17. The Labute approximate surface area is 85.5 Å². The molecule has 14 heavy (non-hydrogen) atoms. The summed E-state index contributed by atoms with van der Waals surface area (Å²) in [6.07, 6.45) is 3.51. The average molecular weight is 188 g/mol. The zero-order chi connectivity index (χ0) is 10.4. The highest BCUT2D eigenvalue weighted by Gasteiger charge is 2.05. The van der Waals surface area contributed by atoms with E-state index in [1.165, 1.54) is 5.56 Å².